The molecule has 1 fully saturated rings. The summed E-state index contributed by atoms with van der Waals surface area (Å²) >= 11 is 0. The first-order chi connectivity index (χ1) is 14.6. The first-order valence-corrected chi connectivity index (χ1v) is 10.1. The second-order valence-electron chi connectivity index (χ2n) is 6.16. The summed E-state index contributed by atoms with van der Waals surface area (Å²) in [6, 6.07) is 3.60. The first-order valence-electron chi connectivity index (χ1n) is 10.1. The van der Waals surface area contributed by atoms with Gasteiger partial charge in [0.15, 0.2) is 0 Å². The Hall–Kier alpha value is -0.854. The maximum Gasteiger partial charge on any atom is 1.00 e. The molecule has 0 spiro atoms. The zero-order valence-electron chi connectivity index (χ0n) is 20.2. The van der Waals surface area contributed by atoms with Gasteiger partial charge in [-0.1, -0.05) is 13.8 Å². The van der Waals surface area contributed by atoms with Crippen LogP contribution in [0, 0.1) is 26.7 Å². The molecule has 0 radical (unpaired) electrons. The smallest absolute Gasteiger partial charge is 0.391 e. The van der Waals surface area contributed by atoms with Crippen molar-refractivity contribution in [3.63, 3.8) is 0 Å². The van der Waals surface area contributed by atoms with Gasteiger partial charge in [-0.25, -0.2) is 4.98 Å². The van der Waals surface area contributed by atoms with E-state index >= 15 is 0 Å². The number of morpholine rings is 1. The van der Waals surface area contributed by atoms with E-state index in [2.05, 4.69) is 40.0 Å². The van der Waals surface area contributed by atoms with Gasteiger partial charge in [0.2, 0.25) is 0 Å². The maximum absolute atomic E-state index is 11.0. The number of H-pyrrole nitrogens is 1. The van der Waals surface area contributed by atoms with E-state index in [1.54, 1.807) is 12.3 Å². The van der Waals surface area contributed by atoms with Crippen molar-refractivity contribution >= 4 is 23.7 Å². The molecule has 2 aromatic heterocycles. The molecule has 3 rings (SSSR count). The van der Waals surface area contributed by atoms with Crippen molar-refractivity contribution in [2.24, 2.45) is 5.73 Å². The second kappa shape index (κ2) is 17.6. The molecule has 0 amide bonds. The molecule has 1 aliphatic rings. The van der Waals surface area contributed by atoms with Crippen LogP contribution in [0.2, 0.25) is 0 Å². The Morgan fingerprint density at radius 1 is 1.31 bits per heavy atom. The molecule has 1 aliphatic heterocycles. The number of nitrogens with one attached hydrogen (secondary N) is 3. The van der Waals surface area contributed by atoms with Crippen molar-refractivity contribution in [2.45, 2.75) is 32.3 Å². The third kappa shape index (κ3) is 8.49. The Morgan fingerprint density at radius 2 is 1.91 bits per heavy atom. The topological polar surface area (TPSA) is 136 Å². The van der Waals surface area contributed by atoms with E-state index in [9.17, 15) is 5.11 Å². The molecule has 1 saturated heterocycles. The normalized spacial score (nSPS) is 12.7. The predicted octanol–water partition coefficient (Wildman–Crippen LogP) is 0.0739. The SMILES string of the molecule is CC.CN.[CH2-]CC(O)(C[CH2-])c1cc(N2CCOCC2)nc(Nc2ccn[nH]2)c1C=N.[CH3-].[K+]. The molecule has 0 saturated carbocycles. The van der Waals surface area contributed by atoms with E-state index in [0.29, 0.717) is 49.1 Å². The number of ether oxygens (including phenoxy) is 1. The minimum Gasteiger partial charge on any atom is -0.391 e. The van der Waals surface area contributed by atoms with Crippen molar-refractivity contribution < 1.29 is 61.2 Å². The van der Waals surface area contributed by atoms with E-state index in [1.165, 1.54) is 13.3 Å². The van der Waals surface area contributed by atoms with Gasteiger partial charge < -0.3 is 52.5 Å². The number of rotatable bonds is 7. The van der Waals surface area contributed by atoms with Gasteiger partial charge in [-0.2, -0.15) is 17.9 Å². The van der Waals surface area contributed by atoms with Crippen molar-refractivity contribution in [1.29, 1.82) is 5.41 Å². The Morgan fingerprint density at radius 3 is 2.38 bits per heavy atom. The summed E-state index contributed by atoms with van der Waals surface area (Å²) in [6.07, 6.45) is 3.31. The minimum atomic E-state index is -1.23. The molecule has 176 valence electrons. The summed E-state index contributed by atoms with van der Waals surface area (Å²) in [5.41, 5.74) is 4.36. The standard InChI is InChI=1S/C18H24N6O2.C2H6.CH5N.CH3.K/c1-3-18(25,4-2)14-11-16(24-7-9-26-10-8-24)22-17(13(14)12-19)21-15-5-6-20-23-15;2*1-2;;/h5-6,11-12,19,25H,1-4,7-10H2,(H2,20,21,22,23);1-2H3;2H2,1H3;1H3;/q-2;;;-1;+1. The van der Waals surface area contributed by atoms with E-state index in [-0.39, 0.29) is 71.7 Å². The molecular weight excluding hydrogens is 433 g/mol. The van der Waals surface area contributed by atoms with Crippen LogP contribution in [0.15, 0.2) is 18.3 Å². The molecule has 0 aromatic carbocycles. The number of aromatic amines is 1. The third-order valence-electron chi connectivity index (χ3n) is 4.61. The number of anilines is 3. The average molecular weight is 472 g/mol. The van der Waals surface area contributed by atoms with Crippen molar-refractivity contribution in [2.75, 3.05) is 43.6 Å². The number of nitrogens with two attached hydrogens (primary N) is 1. The predicted molar refractivity (Wildman–Crippen MR) is 129 cm³/mol. The van der Waals surface area contributed by atoms with Gasteiger partial charge in [-0.3, -0.25) is 5.10 Å². The molecule has 10 heteroatoms. The van der Waals surface area contributed by atoms with Crippen molar-refractivity contribution in [3.8, 4) is 0 Å². The summed E-state index contributed by atoms with van der Waals surface area (Å²) < 4.78 is 5.42. The second-order valence-corrected chi connectivity index (χ2v) is 6.16. The fourth-order valence-electron chi connectivity index (χ4n) is 2.97. The summed E-state index contributed by atoms with van der Waals surface area (Å²) in [5, 5.41) is 28.8. The van der Waals surface area contributed by atoms with Gasteiger partial charge in [0, 0.05) is 36.5 Å². The van der Waals surface area contributed by atoms with Crippen LogP contribution in [0.4, 0.5) is 17.5 Å². The Kier molecular flexibility index (Phi) is 18.3. The summed E-state index contributed by atoms with van der Waals surface area (Å²) in [4.78, 5) is 6.80. The summed E-state index contributed by atoms with van der Waals surface area (Å²) in [6.45, 7) is 14.4. The van der Waals surface area contributed by atoms with Crippen LogP contribution in [0.1, 0.15) is 37.8 Å². The Balaban J connectivity index is 0. The van der Waals surface area contributed by atoms with E-state index in [0.717, 1.165) is 5.82 Å². The van der Waals surface area contributed by atoms with Crippen LogP contribution in [0.25, 0.3) is 0 Å². The molecule has 0 atom stereocenters. The van der Waals surface area contributed by atoms with Crippen LogP contribution in [-0.4, -0.2) is 59.9 Å². The van der Waals surface area contributed by atoms with Crippen LogP contribution in [0.5, 0.6) is 0 Å². The van der Waals surface area contributed by atoms with Gasteiger partial charge in [-0.15, -0.1) is 0 Å². The minimum absolute atomic E-state index is 0. The molecule has 0 aliphatic carbocycles. The Bertz CT molecular complexity index is 747. The monoisotopic (exact) mass is 471 g/mol. The molecular formula is C22H38KN7O2-2. The van der Waals surface area contributed by atoms with Crippen molar-refractivity contribution in [3.05, 3.63) is 50.7 Å². The molecule has 32 heavy (non-hydrogen) atoms. The third-order valence-corrected chi connectivity index (χ3v) is 4.61. The summed E-state index contributed by atoms with van der Waals surface area (Å²) in [7, 11) is 1.50. The van der Waals surface area contributed by atoms with Crippen LogP contribution >= 0.6 is 0 Å². The molecule has 0 bridgehead atoms. The molecule has 3 heterocycles. The van der Waals surface area contributed by atoms with Crippen LogP contribution in [0.3, 0.4) is 0 Å². The maximum atomic E-state index is 11.0. The van der Waals surface area contributed by atoms with E-state index in [1.807, 2.05) is 19.9 Å². The average Bonchev–Trinajstić information content (AvgIpc) is 3.34. The van der Waals surface area contributed by atoms with Gasteiger partial charge in [-0.05, 0) is 18.7 Å². The van der Waals surface area contributed by atoms with Gasteiger partial charge in [0.25, 0.3) is 0 Å². The van der Waals surface area contributed by atoms with Gasteiger partial charge in [0.05, 0.1) is 19.4 Å². The number of nitrogens with zero attached hydrogens (tertiary/aromatic N) is 3. The van der Waals surface area contributed by atoms with Crippen molar-refractivity contribution in [1.82, 2.24) is 15.2 Å². The zero-order valence-corrected chi connectivity index (χ0v) is 23.4. The van der Waals surface area contributed by atoms with Crippen LogP contribution < -0.4 is 67.3 Å². The molecule has 6 N–H and O–H groups in total. The number of aliphatic hydroxyl groups is 1. The number of hydrogen-bond donors (Lipinski definition) is 5. The van der Waals surface area contributed by atoms with Gasteiger partial charge in [0.1, 0.15) is 17.5 Å². The first kappa shape index (κ1) is 33.3. The number of pyridine rings is 1. The molecule has 0 unspecified atom stereocenters. The summed E-state index contributed by atoms with van der Waals surface area (Å²) in [5.74, 6) is 1.85. The van der Waals surface area contributed by atoms with Gasteiger partial charge >= 0.3 is 51.4 Å². The fourth-order valence-corrected chi connectivity index (χ4v) is 2.97. The molecule has 2 aromatic rings. The fraction of sp³-hybridized carbons (Fsp3) is 0.455. The molecule has 9 nitrogen and oxygen atoms in total. The Labute approximate surface area is 235 Å². The van der Waals surface area contributed by atoms with Crippen LogP contribution in [-0.2, 0) is 10.3 Å². The number of aromatic nitrogens is 3. The largest absolute Gasteiger partial charge is 1.00 e. The van der Waals surface area contributed by atoms with E-state index in [4.69, 9.17) is 15.1 Å². The zero-order chi connectivity index (χ0) is 22.6. The quantitative estimate of drug-likeness (QED) is 0.219. The van der Waals surface area contributed by atoms with E-state index < -0.39 is 5.60 Å². The number of hydrogen-bond acceptors (Lipinski definition) is 8.